The van der Waals surface area contributed by atoms with E-state index in [0.717, 1.165) is 12.3 Å². The third kappa shape index (κ3) is 3.01. The lowest BCUT2D eigenvalue weighted by Gasteiger charge is -2.07. The molecule has 1 amide bonds. The van der Waals surface area contributed by atoms with Gasteiger partial charge in [-0.25, -0.2) is 4.68 Å². The summed E-state index contributed by atoms with van der Waals surface area (Å²) in [5.74, 6) is -1.05. The highest BCUT2D eigenvalue weighted by Crippen LogP contribution is 2.34. The molecule has 11 heteroatoms. The Labute approximate surface area is 113 Å². The zero-order valence-corrected chi connectivity index (χ0v) is 10.4. The quantitative estimate of drug-likeness (QED) is 0.856. The second-order valence-electron chi connectivity index (χ2n) is 3.98. The number of carbonyl (C=O) groups is 1. The maximum atomic E-state index is 12.7. The molecule has 0 aromatic carbocycles. The van der Waals surface area contributed by atoms with Crippen molar-refractivity contribution in [2.75, 3.05) is 5.32 Å². The van der Waals surface area contributed by atoms with Gasteiger partial charge in [0.05, 0.1) is 11.4 Å². The molecule has 21 heavy (non-hydrogen) atoms. The molecule has 2 heterocycles. The van der Waals surface area contributed by atoms with E-state index in [-0.39, 0.29) is 10.4 Å². The van der Waals surface area contributed by atoms with Crippen molar-refractivity contribution in [3.8, 4) is 0 Å². The van der Waals surface area contributed by atoms with E-state index in [9.17, 15) is 26.7 Å². The molecular weight excluding hydrogens is 301 g/mol. The number of aromatic amines is 1. The van der Waals surface area contributed by atoms with Crippen LogP contribution in [0.3, 0.4) is 0 Å². The van der Waals surface area contributed by atoms with Crippen LogP contribution in [0.1, 0.15) is 28.4 Å². The molecule has 114 valence electrons. The number of hydrogen-bond donors (Lipinski definition) is 2. The molecule has 0 unspecified atom stereocenters. The lowest BCUT2D eigenvalue weighted by atomic mass is 10.2. The van der Waals surface area contributed by atoms with Gasteiger partial charge in [0.25, 0.3) is 5.91 Å². The molecule has 2 aromatic heterocycles. The van der Waals surface area contributed by atoms with Gasteiger partial charge in [0.1, 0.15) is 0 Å². The molecule has 0 saturated carbocycles. The Morgan fingerprint density at radius 2 is 2.10 bits per heavy atom. The SMILES string of the molecule is Cc1[nH]nc(C(F)(F)F)c1NC(=O)c1ccn(C(F)F)n1. The Bertz CT molecular complexity index is 659. The standard InChI is InChI=1S/C10H8F5N5O/c1-4-6(7(18-17-4)10(13,14)15)16-8(21)5-2-3-20(19-5)9(11)12/h2-3,9H,1H3,(H,16,21)(H,17,18). The molecule has 0 aliphatic carbocycles. The lowest BCUT2D eigenvalue weighted by Crippen LogP contribution is -2.17. The van der Waals surface area contributed by atoms with Crippen molar-refractivity contribution in [3.05, 3.63) is 29.3 Å². The molecule has 0 spiro atoms. The van der Waals surface area contributed by atoms with Gasteiger partial charge in [-0.05, 0) is 13.0 Å². The second kappa shape index (κ2) is 5.14. The number of rotatable bonds is 3. The highest BCUT2D eigenvalue weighted by molar-refractivity contribution is 6.03. The number of carbonyl (C=O) groups excluding carboxylic acids is 1. The highest BCUT2D eigenvalue weighted by Gasteiger charge is 2.38. The minimum atomic E-state index is -4.77. The van der Waals surface area contributed by atoms with Crippen molar-refractivity contribution in [1.82, 2.24) is 20.0 Å². The van der Waals surface area contributed by atoms with Gasteiger partial charge in [-0.1, -0.05) is 0 Å². The fourth-order valence-electron chi connectivity index (χ4n) is 1.53. The third-order valence-electron chi connectivity index (χ3n) is 2.50. The van der Waals surface area contributed by atoms with Crippen LogP contribution in [0.15, 0.2) is 12.3 Å². The number of nitrogens with one attached hydrogen (secondary N) is 2. The van der Waals surface area contributed by atoms with E-state index in [4.69, 9.17) is 0 Å². The first-order chi connectivity index (χ1) is 9.70. The van der Waals surface area contributed by atoms with Crippen LogP contribution in [-0.4, -0.2) is 25.9 Å². The number of nitrogens with zero attached hydrogens (tertiary/aromatic N) is 3. The van der Waals surface area contributed by atoms with Crippen molar-refractivity contribution in [1.29, 1.82) is 0 Å². The van der Waals surface area contributed by atoms with E-state index in [1.165, 1.54) is 6.92 Å². The van der Waals surface area contributed by atoms with Gasteiger partial charge < -0.3 is 5.32 Å². The molecular formula is C10H8F5N5O. The summed E-state index contributed by atoms with van der Waals surface area (Å²) in [5.41, 5.74) is -2.34. The average Bonchev–Trinajstić information content (AvgIpc) is 2.96. The van der Waals surface area contributed by atoms with E-state index >= 15 is 0 Å². The summed E-state index contributed by atoms with van der Waals surface area (Å²) in [6.07, 6.45) is -3.93. The van der Waals surface area contributed by atoms with E-state index in [2.05, 4.69) is 15.3 Å². The fraction of sp³-hybridized carbons (Fsp3) is 0.300. The lowest BCUT2D eigenvalue weighted by molar-refractivity contribution is -0.140. The molecule has 2 aromatic rings. The molecule has 0 saturated heterocycles. The summed E-state index contributed by atoms with van der Waals surface area (Å²) in [6.45, 7) is -1.68. The van der Waals surface area contributed by atoms with Gasteiger partial charge in [-0.3, -0.25) is 9.89 Å². The van der Waals surface area contributed by atoms with Crippen LogP contribution in [0.25, 0.3) is 0 Å². The Kier molecular flexibility index (Phi) is 3.66. The zero-order valence-electron chi connectivity index (χ0n) is 10.4. The van der Waals surface area contributed by atoms with Gasteiger partial charge in [-0.2, -0.15) is 32.1 Å². The Morgan fingerprint density at radius 1 is 1.43 bits per heavy atom. The topological polar surface area (TPSA) is 75.6 Å². The fourth-order valence-corrected chi connectivity index (χ4v) is 1.53. The largest absolute Gasteiger partial charge is 0.437 e. The van der Waals surface area contributed by atoms with Gasteiger partial charge in [0.2, 0.25) is 0 Å². The first kappa shape index (κ1) is 14.9. The Hall–Kier alpha value is -2.46. The van der Waals surface area contributed by atoms with Crippen LogP contribution in [0, 0.1) is 6.92 Å². The van der Waals surface area contributed by atoms with E-state index in [0.29, 0.717) is 0 Å². The smallest absolute Gasteiger partial charge is 0.317 e. The van der Waals surface area contributed by atoms with Gasteiger partial charge >= 0.3 is 12.7 Å². The third-order valence-corrected chi connectivity index (χ3v) is 2.50. The maximum Gasteiger partial charge on any atom is 0.437 e. The van der Waals surface area contributed by atoms with Crippen molar-refractivity contribution >= 4 is 11.6 Å². The van der Waals surface area contributed by atoms with Crippen molar-refractivity contribution in [3.63, 3.8) is 0 Å². The predicted octanol–water partition coefficient (Wildman–Crippen LogP) is 2.58. The summed E-state index contributed by atoms with van der Waals surface area (Å²) in [6, 6.07) is 0.962. The summed E-state index contributed by atoms with van der Waals surface area (Å²) < 4.78 is 62.8. The normalized spacial score (nSPS) is 12.0. The highest BCUT2D eigenvalue weighted by atomic mass is 19.4. The number of halogens is 5. The van der Waals surface area contributed by atoms with Gasteiger partial charge in [-0.15, -0.1) is 0 Å². The molecule has 6 nitrogen and oxygen atoms in total. The van der Waals surface area contributed by atoms with Crippen molar-refractivity contribution < 1.29 is 26.7 Å². The van der Waals surface area contributed by atoms with Crippen LogP contribution < -0.4 is 5.32 Å². The van der Waals surface area contributed by atoms with Crippen LogP contribution in [0.2, 0.25) is 0 Å². The predicted molar refractivity (Wildman–Crippen MR) is 59.8 cm³/mol. The summed E-state index contributed by atoms with van der Waals surface area (Å²) in [4.78, 5) is 11.7. The molecule has 0 aliphatic rings. The Balaban J connectivity index is 2.25. The zero-order chi connectivity index (χ0) is 15.8. The molecule has 0 aliphatic heterocycles. The monoisotopic (exact) mass is 309 g/mol. The number of alkyl halides is 5. The first-order valence-corrected chi connectivity index (χ1v) is 5.47. The molecule has 0 radical (unpaired) electrons. The van der Waals surface area contributed by atoms with E-state index in [1.807, 2.05) is 5.32 Å². The van der Waals surface area contributed by atoms with Crippen LogP contribution in [0.5, 0.6) is 0 Å². The van der Waals surface area contributed by atoms with E-state index in [1.54, 1.807) is 0 Å². The number of aryl methyl sites for hydroxylation is 1. The van der Waals surface area contributed by atoms with E-state index < -0.39 is 35.7 Å². The minimum Gasteiger partial charge on any atom is -0.317 e. The van der Waals surface area contributed by atoms with Crippen molar-refractivity contribution in [2.45, 2.75) is 19.6 Å². The second-order valence-corrected chi connectivity index (χ2v) is 3.98. The molecule has 2 N–H and O–H groups in total. The maximum absolute atomic E-state index is 12.7. The summed E-state index contributed by atoms with van der Waals surface area (Å²) >= 11 is 0. The van der Waals surface area contributed by atoms with Crippen LogP contribution in [0.4, 0.5) is 27.6 Å². The van der Waals surface area contributed by atoms with Gasteiger partial charge in [0.15, 0.2) is 11.4 Å². The first-order valence-electron chi connectivity index (χ1n) is 5.47. The van der Waals surface area contributed by atoms with Crippen molar-refractivity contribution in [2.24, 2.45) is 0 Å². The molecule has 2 rings (SSSR count). The number of anilines is 1. The summed E-state index contributed by atoms with van der Waals surface area (Å²) in [7, 11) is 0. The molecule has 0 fully saturated rings. The van der Waals surface area contributed by atoms with Gasteiger partial charge in [0, 0.05) is 6.20 Å². The Morgan fingerprint density at radius 3 is 2.62 bits per heavy atom. The molecule has 0 bridgehead atoms. The number of aromatic nitrogens is 4. The summed E-state index contributed by atoms with van der Waals surface area (Å²) in [5, 5.41) is 10.4. The average molecular weight is 309 g/mol. The molecule has 0 atom stereocenters. The number of amides is 1. The number of hydrogen-bond acceptors (Lipinski definition) is 3. The minimum absolute atomic E-state index is 0.0241. The number of H-pyrrole nitrogens is 1. The van der Waals surface area contributed by atoms with Crippen LogP contribution in [-0.2, 0) is 6.18 Å². The van der Waals surface area contributed by atoms with Crippen LogP contribution >= 0.6 is 0 Å².